The number of aryl methyl sites for hydroxylation is 1. The highest BCUT2D eigenvalue weighted by Gasteiger charge is 2.20. The molecule has 2 rings (SSSR count). The van der Waals surface area contributed by atoms with Crippen LogP contribution in [-0.2, 0) is 6.54 Å². The molecule has 1 aliphatic rings. The van der Waals surface area contributed by atoms with Crippen molar-refractivity contribution in [2.45, 2.75) is 32.4 Å². The van der Waals surface area contributed by atoms with E-state index in [1.165, 1.54) is 29.7 Å². The predicted octanol–water partition coefficient (Wildman–Crippen LogP) is 2.31. The summed E-state index contributed by atoms with van der Waals surface area (Å²) in [7, 11) is 4.16. The Bertz CT molecular complexity index is 340. The van der Waals surface area contributed by atoms with E-state index >= 15 is 0 Å². The van der Waals surface area contributed by atoms with Crippen LogP contribution in [0.1, 0.15) is 24.0 Å². The predicted molar refractivity (Wildman–Crippen MR) is 65.4 cm³/mol. The first-order valence-electron chi connectivity index (χ1n) is 5.67. The number of anilines is 1. The van der Waals surface area contributed by atoms with E-state index in [0.29, 0.717) is 0 Å². The molecule has 1 N–H and O–H groups in total. The van der Waals surface area contributed by atoms with Crippen molar-refractivity contribution in [2.75, 3.05) is 19.0 Å². The Kier molecular flexibility index (Phi) is 2.96. The summed E-state index contributed by atoms with van der Waals surface area (Å²) in [5.41, 5.74) is 4.09. The lowest BCUT2D eigenvalue weighted by atomic mass is 10.1. The van der Waals surface area contributed by atoms with Gasteiger partial charge >= 0.3 is 0 Å². The van der Waals surface area contributed by atoms with Crippen LogP contribution in [0, 0.1) is 6.92 Å². The molecule has 0 aromatic heterocycles. The third-order valence-corrected chi connectivity index (χ3v) is 3.00. The van der Waals surface area contributed by atoms with E-state index in [1.54, 1.807) is 0 Å². The van der Waals surface area contributed by atoms with Gasteiger partial charge in [-0.25, -0.2) is 0 Å². The molecule has 0 heterocycles. The standard InChI is InChI=1S/C13H20N2/c1-10-8-13(15(2)3)7-4-11(10)9-14-12-5-6-12/h4,7-8,12,14H,5-6,9H2,1-3H3. The van der Waals surface area contributed by atoms with Crippen molar-refractivity contribution < 1.29 is 0 Å². The molecule has 2 nitrogen and oxygen atoms in total. The van der Waals surface area contributed by atoms with Gasteiger partial charge in [0.1, 0.15) is 0 Å². The molecule has 0 amide bonds. The van der Waals surface area contributed by atoms with Gasteiger partial charge in [0.05, 0.1) is 0 Å². The van der Waals surface area contributed by atoms with E-state index in [4.69, 9.17) is 0 Å². The third kappa shape index (κ3) is 2.72. The maximum Gasteiger partial charge on any atom is 0.0363 e. The average molecular weight is 204 g/mol. The van der Waals surface area contributed by atoms with Gasteiger partial charge in [-0.2, -0.15) is 0 Å². The number of nitrogens with one attached hydrogen (secondary N) is 1. The minimum absolute atomic E-state index is 0.790. The minimum atomic E-state index is 0.790. The largest absolute Gasteiger partial charge is 0.378 e. The zero-order valence-electron chi connectivity index (χ0n) is 9.88. The lowest BCUT2D eigenvalue weighted by molar-refractivity contribution is 0.685. The van der Waals surface area contributed by atoms with E-state index in [9.17, 15) is 0 Å². The fraction of sp³-hybridized carbons (Fsp3) is 0.538. The molecule has 1 aliphatic carbocycles. The molecule has 1 aromatic carbocycles. The van der Waals surface area contributed by atoms with Crippen LogP contribution in [0.2, 0.25) is 0 Å². The lowest BCUT2D eigenvalue weighted by Crippen LogP contribution is -2.16. The zero-order valence-corrected chi connectivity index (χ0v) is 9.88. The van der Waals surface area contributed by atoms with E-state index in [1.807, 2.05) is 0 Å². The van der Waals surface area contributed by atoms with Crippen LogP contribution in [0.5, 0.6) is 0 Å². The summed E-state index contributed by atoms with van der Waals surface area (Å²) in [6, 6.07) is 7.47. The van der Waals surface area contributed by atoms with Crippen molar-refractivity contribution >= 4 is 5.69 Å². The Labute approximate surface area is 92.3 Å². The summed E-state index contributed by atoms with van der Waals surface area (Å²) in [6.07, 6.45) is 2.71. The smallest absolute Gasteiger partial charge is 0.0363 e. The number of benzene rings is 1. The molecular formula is C13H20N2. The highest BCUT2D eigenvalue weighted by Crippen LogP contribution is 2.21. The van der Waals surface area contributed by atoms with Crippen LogP contribution in [0.4, 0.5) is 5.69 Å². The highest BCUT2D eigenvalue weighted by molar-refractivity contribution is 5.49. The van der Waals surface area contributed by atoms with Crippen molar-refractivity contribution in [1.82, 2.24) is 5.32 Å². The summed E-state index contributed by atoms with van der Waals surface area (Å²) in [4.78, 5) is 2.14. The summed E-state index contributed by atoms with van der Waals surface area (Å²) >= 11 is 0. The van der Waals surface area contributed by atoms with Gasteiger partial charge in [-0.15, -0.1) is 0 Å². The van der Waals surface area contributed by atoms with Gasteiger partial charge in [0.2, 0.25) is 0 Å². The van der Waals surface area contributed by atoms with E-state index in [0.717, 1.165) is 12.6 Å². The molecule has 1 aromatic rings. The van der Waals surface area contributed by atoms with Crippen LogP contribution < -0.4 is 10.2 Å². The number of hydrogen-bond donors (Lipinski definition) is 1. The average Bonchev–Trinajstić information content (AvgIpc) is 2.99. The fourth-order valence-electron chi connectivity index (χ4n) is 1.70. The van der Waals surface area contributed by atoms with Crippen molar-refractivity contribution in [3.05, 3.63) is 29.3 Å². The Balaban J connectivity index is 2.04. The first-order chi connectivity index (χ1) is 7.16. The molecular weight excluding hydrogens is 184 g/mol. The quantitative estimate of drug-likeness (QED) is 0.809. The second-order valence-corrected chi connectivity index (χ2v) is 4.66. The van der Waals surface area contributed by atoms with Crippen molar-refractivity contribution in [3.8, 4) is 0 Å². The first-order valence-corrected chi connectivity index (χ1v) is 5.67. The molecule has 0 saturated heterocycles. The second-order valence-electron chi connectivity index (χ2n) is 4.66. The third-order valence-electron chi connectivity index (χ3n) is 3.00. The summed E-state index contributed by atoms with van der Waals surface area (Å²) in [5, 5.41) is 3.55. The molecule has 0 spiro atoms. The maximum absolute atomic E-state index is 3.55. The van der Waals surface area contributed by atoms with Gasteiger partial charge < -0.3 is 10.2 Å². The van der Waals surface area contributed by atoms with E-state index in [2.05, 4.69) is 49.4 Å². The van der Waals surface area contributed by atoms with Crippen molar-refractivity contribution in [2.24, 2.45) is 0 Å². The molecule has 15 heavy (non-hydrogen) atoms. The monoisotopic (exact) mass is 204 g/mol. The SMILES string of the molecule is Cc1cc(N(C)C)ccc1CNC1CC1. The topological polar surface area (TPSA) is 15.3 Å². The Morgan fingerprint density at radius 2 is 2.07 bits per heavy atom. The highest BCUT2D eigenvalue weighted by atomic mass is 15.1. The van der Waals surface area contributed by atoms with Gasteiger partial charge in [-0.1, -0.05) is 6.07 Å². The molecule has 82 valence electrons. The molecule has 2 heteroatoms. The van der Waals surface area contributed by atoms with Gasteiger partial charge in [0, 0.05) is 32.4 Å². The van der Waals surface area contributed by atoms with Gasteiger partial charge in [0.25, 0.3) is 0 Å². The van der Waals surface area contributed by atoms with Crippen molar-refractivity contribution in [1.29, 1.82) is 0 Å². The summed E-state index contributed by atoms with van der Waals surface area (Å²) in [5.74, 6) is 0. The first kappa shape index (κ1) is 10.5. The van der Waals surface area contributed by atoms with Crippen molar-refractivity contribution in [3.63, 3.8) is 0 Å². The van der Waals surface area contributed by atoms with Gasteiger partial charge in [-0.05, 0) is 43.0 Å². The normalized spacial score (nSPS) is 15.4. The molecule has 0 atom stereocenters. The number of nitrogens with zero attached hydrogens (tertiary/aromatic N) is 1. The Morgan fingerprint density at radius 1 is 1.33 bits per heavy atom. The van der Waals surface area contributed by atoms with E-state index < -0.39 is 0 Å². The number of hydrogen-bond acceptors (Lipinski definition) is 2. The summed E-state index contributed by atoms with van der Waals surface area (Å²) in [6.45, 7) is 3.21. The maximum atomic E-state index is 3.55. The van der Waals surface area contributed by atoms with Crippen LogP contribution in [0.25, 0.3) is 0 Å². The lowest BCUT2D eigenvalue weighted by Gasteiger charge is -2.15. The molecule has 1 fully saturated rings. The molecule has 1 saturated carbocycles. The van der Waals surface area contributed by atoms with Gasteiger partial charge in [-0.3, -0.25) is 0 Å². The van der Waals surface area contributed by atoms with Crippen LogP contribution in [0.15, 0.2) is 18.2 Å². The zero-order chi connectivity index (χ0) is 10.8. The fourth-order valence-corrected chi connectivity index (χ4v) is 1.70. The molecule has 0 unspecified atom stereocenters. The Hall–Kier alpha value is -1.02. The van der Waals surface area contributed by atoms with Crippen LogP contribution in [-0.4, -0.2) is 20.1 Å². The second kappa shape index (κ2) is 4.23. The molecule has 0 aliphatic heterocycles. The summed E-state index contributed by atoms with van der Waals surface area (Å²) < 4.78 is 0. The minimum Gasteiger partial charge on any atom is -0.378 e. The van der Waals surface area contributed by atoms with Gasteiger partial charge in [0.15, 0.2) is 0 Å². The van der Waals surface area contributed by atoms with Crippen LogP contribution in [0.3, 0.4) is 0 Å². The number of rotatable bonds is 4. The molecule has 0 radical (unpaired) electrons. The van der Waals surface area contributed by atoms with E-state index in [-0.39, 0.29) is 0 Å². The Morgan fingerprint density at radius 3 is 2.60 bits per heavy atom. The molecule has 0 bridgehead atoms. The van der Waals surface area contributed by atoms with Crippen LogP contribution >= 0.6 is 0 Å².